The second-order valence-corrected chi connectivity index (χ2v) is 10.4. The van der Waals surface area contributed by atoms with Crippen molar-refractivity contribution >= 4 is 15.7 Å². The van der Waals surface area contributed by atoms with Crippen molar-refractivity contribution in [1.82, 2.24) is 28.7 Å². The summed E-state index contributed by atoms with van der Waals surface area (Å²) in [5.74, 6) is 0. The van der Waals surface area contributed by atoms with Gasteiger partial charge < -0.3 is 0 Å². The van der Waals surface area contributed by atoms with E-state index in [1.807, 2.05) is 26.8 Å². The van der Waals surface area contributed by atoms with Gasteiger partial charge in [0.15, 0.2) is 5.65 Å². The fraction of sp³-hybridized carbons (Fsp3) is 0.526. The van der Waals surface area contributed by atoms with Gasteiger partial charge in [0, 0.05) is 24.2 Å². The number of hydrogen-bond acceptors (Lipinski definition) is 5. The van der Waals surface area contributed by atoms with Gasteiger partial charge in [0.1, 0.15) is 4.90 Å². The van der Waals surface area contributed by atoms with Gasteiger partial charge in [0.2, 0.25) is 10.0 Å². The first-order valence-corrected chi connectivity index (χ1v) is 11.1. The summed E-state index contributed by atoms with van der Waals surface area (Å²) >= 11 is 0. The highest BCUT2D eigenvalue weighted by Crippen LogP contribution is 2.37. The first kappa shape index (κ1) is 20.9. The summed E-state index contributed by atoms with van der Waals surface area (Å²) in [5.41, 5.74) is 1.93. The SMILES string of the molecule is Cc1c(S(=O)(=O)N2CCCC2c2ccnc3cc(C(C)(C)C)nn23)cnn1C(F)F. The van der Waals surface area contributed by atoms with Gasteiger partial charge in [-0.15, -0.1) is 0 Å². The number of halogens is 2. The van der Waals surface area contributed by atoms with Crippen molar-refractivity contribution in [3.63, 3.8) is 0 Å². The molecule has 0 spiro atoms. The van der Waals surface area contributed by atoms with Gasteiger partial charge in [-0.1, -0.05) is 20.8 Å². The molecule has 3 aromatic heterocycles. The molecule has 11 heteroatoms. The number of rotatable bonds is 4. The first-order chi connectivity index (χ1) is 14.0. The number of hydrogen-bond donors (Lipinski definition) is 0. The van der Waals surface area contributed by atoms with E-state index in [-0.39, 0.29) is 16.0 Å². The maximum atomic E-state index is 13.4. The van der Waals surface area contributed by atoms with Crippen LogP contribution in [0.4, 0.5) is 8.78 Å². The fourth-order valence-electron chi connectivity index (χ4n) is 3.84. The molecular formula is C19H24F2N6O2S. The van der Waals surface area contributed by atoms with Crippen LogP contribution in [0.5, 0.6) is 0 Å². The molecule has 8 nitrogen and oxygen atoms in total. The van der Waals surface area contributed by atoms with Gasteiger partial charge in [0.25, 0.3) is 0 Å². The Hall–Kier alpha value is -2.40. The number of nitrogens with zero attached hydrogens (tertiary/aromatic N) is 6. The molecule has 1 fully saturated rings. The van der Waals surface area contributed by atoms with Gasteiger partial charge in [-0.05, 0) is 25.8 Å². The summed E-state index contributed by atoms with van der Waals surface area (Å²) in [6.45, 7) is 4.87. The van der Waals surface area contributed by atoms with E-state index in [1.165, 1.54) is 11.2 Å². The molecule has 4 heterocycles. The van der Waals surface area contributed by atoms with Crippen molar-refractivity contribution in [3.05, 3.63) is 41.6 Å². The number of aromatic nitrogens is 5. The maximum Gasteiger partial charge on any atom is 0.333 e. The third-order valence-corrected chi connectivity index (χ3v) is 7.48. The van der Waals surface area contributed by atoms with E-state index in [4.69, 9.17) is 0 Å². The van der Waals surface area contributed by atoms with Crippen LogP contribution < -0.4 is 0 Å². The van der Waals surface area contributed by atoms with E-state index < -0.39 is 22.6 Å². The van der Waals surface area contributed by atoms with Crippen LogP contribution in [-0.2, 0) is 15.4 Å². The molecule has 162 valence electrons. The summed E-state index contributed by atoms with van der Waals surface area (Å²) in [6, 6.07) is 3.19. The number of fused-ring (bicyclic) bond motifs is 1. The van der Waals surface area contributed by atoms with Gasteiger partial charge in [-0.3, -0.25) is 0 Å². The van der Waals surface area contributed by atoms with Crippen molar-refractivity contribution in [2.24, 2.45) is 0 Å². The smallest absolute Gasteiger partial charge is 0.237 e. The van der Waals surface area contributed by atoms with E-state index in [9.17, 15) is 17.2 Å². The Morgan fingerprint density at radius 1 is 1.27 bits per heavy atom. The quantitative estimate of drug-likeness (QED) is 0.623. The Labute approximate surface area is 173 Å². The van der Waals surface area contributed by atoms with Crippen molar-refractivity contribution in [2.75, 3.05) is 6.54 Å². The van der Waals surface area contributed by atoms with E-state index >= 15 is 0 Å². The predicted octanol–water partition coefficient (Wildman–Crippen LogP) is 3.45. The average molecular weight is 439 g/mol. The highest BCUT2D eigenvalue weighted by Gasteiger charge is 2.39. The average Bonchev–Trinajstić information content (AvgIpc) is 3.38. The van der Waals surface area contributed by atoms with Crippen LogP contribution in [-0.4, -0.2) is 43.6 Å². The fourth-order valence-corrected chi connectivity index (χ4v) is 5.66. The van der Waals surface area contributed by atoms with Crippen molar-refractivity contribution in [3.8, 4) is 0 Å². The van der Waals surface area contributed by atoms with Crippen LogP contribution in [0.2, 0.25) is 0 Å². The molecule has 1 atom stereocenters. The minimum atomic E-state index is -4.01. The molecule has 1 aliphatic heterocycles. The molecule has 0 aliphatic carbocycles. The van der Waals surface area contributed by atoms with Crippen LogP contribution in [0.1, 0.15) is 63.3 Å². The molecule has 1 saturated heterocycles. The highest BCUT2D eigenvalue weighted by molar-refractivity contribution is 7.89. The summed E-state index contributed by atoms with van der Waals surface area (Å²) in [5, 5.41) is 8.24. The second kappa shape index (κ2) is 7.09. The zero-order chi connectivity index (χ0) is 21.8. The molecule has 1 aliphatic rings. The normalized spacial score (nSPS) is 18.7. The van der Waals surface area contributed by atoms with E-state index in [2.05, 4.69) is 15.2 Å². The summed E-state index contributed by atoms with van der Waals surface area (Å²) < 4.78 is 56.4. The van der Waals surface area contributed by atoms with Crippen molar-refractivity contribution in [1.29, 1.82) is 0 Å². The third-order valence-electron chi connectivity index (χ3n) is 5.47. The van der Waals surface area contributed by atoms with Crippen LogP contribution in [0.3, 0.4) is 0 Å². The van der Waals surface area contributed by atoms with Gasteiger partial charge in [0.05, 0.1) is 29.3 Å². The van der Waals surface area contributed by atoms with E-state index in [0.717, 1.165) is 11.9 Å². The zero-order valence-corrected chi connectivity index (χ0v) is 18.1. The first-order valence-electron chi connectivity index (χ1n) is 9.71. The molecule has 0 saturated carbocycles. The Morgan fingerprint density at radius 2 is 2.00 bits per heavy atom. The minimum Gasteiger partial charge on any atom is -0.237 e. The molecule has 30 heavy (non-hydrogen) atoms. The third kappa shape index (κ3) is 3.29. The Bertz CT molecular complexity index is 1200. The Balaban J connectivity index is 1.79. The second-order valence-electron chi connectivity index (χ2n) is 8.51. The predicted molar refractivity (Wildman–Crippen MR) is 106 cm³/mol. The largest absolute Gasteiger partial charge is 0.333 e. The Kier molecular flexibility index (Phi) is 4.93. The summed E-state index contributed by atoms with van der Waals surface area (Å²) in [4.78, 5) is 4.17. The van der Waals surface area contributed by atoms with Crippen LogP contribution in [0.25, 0.3) is 5.65 Å². The Morgan fingerprint density at radius 3 is 2.63 bits per heavy atom. The molecule has 3 aromatic rings. The number of sulfonamides is 1. The van der Waals surface area contributed by atoms with Crippen LogP contribution in [0.15, 0.2) is 29.4 Å². The number of alkyl halides is 2. The van der Waals surface area contributed by atoms with E-state index in [1.54, 1.807) is 16.8 Å². The molecular weight excluding hydrogens is 414 g/mol. The monoisotopic (exact) mass is 438 g/mol. The standard InChI is InChI=1S/C19H24F2N6O2S/c1-12-15(11-23-26(12)18(20)21)30(28,29)25-9-5-6-13(25)14-7-8-22-17-10-16(19(2,3)4)24-27(14)17/h7-8,10-11,13,18H,5-6,9H2,1-4H3. The highest BCUT2D eigenvalue weighted by atomic mass is 32.2. The maximum absolute atomic E-state index is 13.4. The molecule has 1 unspecified atom stereocenters. The van der Waals surface area contributed by atoms with E-state index in [0.29, 0.717) is 35.4 Å². The van der Waals surface area contributed by atoms with Crippen LogP contribution in [0, 0.1) is 6.92 Å². The van der Waals surface area contributed by atoms with Gasteiger partial charge in [-0.25, -0.2) is 22.6 Å². The molecule has 0 bridgehead atoms. The van der Waals surface area contributed by atoms with Gasteiger partial charge in [-0.2, -0.15) is 23.3 Å². The zero-order valence-electron chi connectivity index (χ0n) is 17.2. The summed E-state index contributed by atoms with van der Waals surface area (Å²) in [7, 11) is -4.01. The van der Waals surface area contributed by atoms with Crippen molar-refractivity contribution in [2.45, 2.75) is 63.4 Å². The lowest BCUT2D eigenvalue weighted by Crippen LogP contribution is -2.32. The molecule has 0 N–H and O–H groups in total. The topological polar surface area (TPSA) is 85.4 Å². The minimum absolute atomic E-state index is 0.0790. The summed E-state index contributed by atoms with van der Waals surface area (Å²) in [6.07, 6.45) is 3.90. The van der Waals surface area contributed by atoms with Gasteiger partial charge >= 0.3 is 6.55 Å². The molecule has 0 radical (unpaired) electrons. The van der Waals surface area contributed by atoms with Crippen molar-refractivity contribution < 1.29 is 17.2 Å². The lowest BCUT2D eigenvalue weighted by molar-refractivity contribution is 0.0541. The lowest BCUT2D eigenvalue weighted by atomic mass is 9.93. The molecule has 0 aromatic carbocycles. The van der Waals surface area contributed by atoms with Crippen LogP contribution >= 0.6 is 0 Å². The lowest BCUT2D eigenvalue weighted by Gasteiger charge is -2.24. The molecule has 0 amide bonds. The molecule has 4 rings (SSSR count).